The number of methoxy groups -OCH3 is 4. The van der Waals surface area contributed by atoms with E-state index in [1.54, 1.807) is 14.2 Å². The maximum absolute atomic E-state index is 12.9. The molecule has 0 bridgehead atoms. The van der Waals surface area contributed by atoms with Crippen molar-refractivity contribution in [1.82, 2.24) is 9.80 Å². The van der Waals surface area contributed by atoms with Crippen LogP contribution in [-0.4, -0.2) is 89.6 Å². The Morgan fingerprint density at radius 3 is 2.32 bits per heavy atom. The molecule has 1 aliphatic heterocycles. The minimum Gasteiger partial charge on any atom is -0.493 e. The number of hydrogen-bond donors (Lipinski definition) is 0. The third-order valence-corrected chi connectivity index (χ3v) is 8.44. The Kier molecular flexibility index (Phi) is 8.38. The molecule has 0 N–H and O–H groups in total. The molecule has 0 saturated heterocycles. The van der Waals surface area contributed by atoms with Gasteiger partial charge in [0.15, 0.2) is 11.5 Å². The standard InChI is InChI=1S/C27H42N2O5/c1-28(17-21-11-20-14-25(33-4)26(34-5)16-22(20)21)8-6-9-29-10-7-18-12-23(31-2)24(32-3)13-19(18)15-27(29)30/h12-13,20-22,25-26H,6-11,14-17H2,1-5H3/t20?,21-,22?,25?,26?/m1/s1. The molecule has 190 valence electrons. The van der Waals surface area contributed by atoms with Crippen molar-refractivity contribution in [3.8, 4) is 11.5 Å². The molecule has 5 atom stereocenters. The number of rotatable bonds is 10. The highest BCUT2D eigenvalue weighted by molar-refractivity contribution is 5.80. The summed E-state index contributed by atoms with van der Waals surface area (Å²) in [6.45, 7) is 3.72. The highest BCUT2D eigenvalue weighted by Gasteiger charge is 2.48. The van der Waals surface area contributed by atoms with Gasteiger partial charge in [0, 0.05) is 33.9 Å². The molecule has 0 aromatic heterocycles. The normalized spacial score (nSPS) is 28.7. The van der Waals surface area contributed by atoms with Crippen molar-refractivity contribution in [2.75, 3.05) is 61.7 Å². The number of carbonyl (C=O) groups is 1. The van der Waals surface area contributed by atoms with Crippen LogP contribution in [0.5, 0.6) is 11.5 Å². The van der Waals surface area contributed by atoms with Gasteiger partial charge in [0.25, 0.3) is 0 Å². The van der Waals surface area contributed by atoms with Gasteiger partial charge in [0.05, 0.1) is 32.8 Å². The SMILES string of the molecule is COc1cc2c(cc1OC)CC(=O)N(CCCN(C)C[C@H]1CC3CC(OC)C(OC)CC31)CC2. The van der Waals surface area contributed by atoms with Crippen LogP contribution in [-0.2, 0) is 27.1 Å². The highest BCUT2D eigenvalue weighted by Crippen LogP contribution is 2.50. The monoisotopic (exact) mass is 474 g/mol. The van der Waals surface area contributed by atoms with Gasteiger partial charge in [-0.05, 0) is 86.7 Å². The summed E-state index contributed by atoms with van der Waals surface area (Å²) in [5.41, 5.74) is 2.24. The number of amides is 1. The molecule has 3 aliphatic rings. The zero-order chi connectivity index (χ0) is 24.2. The van der Waals surface area contributed by atoms with Gasteiger partial charge in [-0.25, -0.2) is 0 Å². The first-order chi connectivity index (χ1) is 16.5. The summed E-state index contributed by atoms with van der Waals surface area (Å²) < 4.78 is 22.2. The van der Waals surface area contributed by atoms with Crippen LogP contribution in [0.25, 0.3) is 0 Å². The van der Waals surface area contributed by atoms with Crippen LogP contribution < -0.4 is 9.47 Å². The Bertz CT molecular complexity index is 847. The molecule has 1 heterocycles. The van der Waals surface area contributed by atoms with E-state index in [1.165, 1.54) is 12.0 Å². The molecule has 7 heteroatoms. The third-order valence-electron chi connectivity index (χ3n) is 8.44. The van der Waals surface area contributed by atoms with Crippen molar-refractivity contribution >= 4 is 5.91 Å². The van der Waals surface area contributed by atoms with E-state index in [-0.39, 0.29) is 18.1 Å². The molecular weight excluding hydrogens is 432 g/mol. The van der Waals surface area contributed by atoms with E-state index in [2.05, 4.69) is 11.9 Å². The molecule has 0 spiro atoms. The molecule has 34 heavy (non-hydrogen) atoms. The molecule has 1 amide bonds. The topological polar surface area (TPSA) is 60.5 Å². The maximum atomic E-state index is 12.9. The summed E-state index contributed by atoms with van der Waals surface area (Å²) in [6.07, 6.45) is 6.33. The Balaban J connectivity index is 1.23. The van der Waals surface area contributed by atoms with Gasteiger partial charge in [-0.3, -0.25) is 4.79 Å². The quantitative estimate of drug-likeness (QED) is 0.520. The van der Waals surface area contributed by atoms with Crippen LogP contribution in [0.3, 0.4) is 0 Å². The highest BCUT2D eigenvalue weighted by atomic mass is 16.5. The van der Waals surface area contributed by atoms with Crippen LogP contribution in [0.1, 0.15) is 36.8 Å². The Morgan fingerprint density at radius 2 is 1.65 bits per heavy atom. The van der Waals surface area contributed by atoms with Gasteiger partial charge in [0.1, 0.15) is 0 Å². The summed E-state index contributed by atoms with van der Waals surface area (Å²) in [7, 11) is 9.13. The average molecular weight is 475 g/mol. The van der Waals surface area contributed by atoms with Crippen molar-refractivity contribution in [2.24, 2.45) is 17.8 Å². The number of nitrogens with zero attached hydrogens (tertiary/aromatic N) is 2. The molecule has 2 saturated carbocycles. The molecule has 0 radical (unpaired) electrons. The molecule has 4 unspecified atom stereocenters. The molecule has 2 aliphatic carbocycles. The van der Waals surface area contributed by atoms with Gasteiger partial charge < -0.3 is 28.7 Å². The van der Waals surface area contributed by atoms with E-state index in [0.717, 1.165) is 80.9 Å². The predicted octanol–water partition coefficient (Wildman–Crippen LogP) is 3.03. The van der Waals surface area contributed by atoms with Crippen molar-refractivity contribution < 1.29 is 23.7 Å². The zero-order valence-corrected chi connectivity index (χ0v) is 21.5. The molecule has 1 aromatic carbocycles. The van der Waals surface area contributed by atoms with Crippen molar-refractivity contribution in [2.45, 2.75) is 50.7 Å². The molecular formula is C27H42N2O5. The lowest BCUT2D eigenvalue weighted by atomic mass is 9.57. The minimum absolute atomic E-state index is 0.205. The van der Waals surface area contributed by atoms with Gasteiger partial charge in [-0.15, -0.1) is 0 Å². The fraction of sp³-hybridized carbons (Fsp3) is 0.741. The fourth-order valence-corrected chi connectivity index (χ4v) is 6.43. The number of benzene rings is 1. The van der Waals surface area contributed by atoms with Crippen LogP contribution in [0, 0.1) is 17.8 Å². The van der Waals surface area contributed by atoms with Gasteiger partial charge in [-0.1, -0.05) is 0 Å². The van der Waals surface area contributed by atoms with Crippen molar-refractivity contribution in [3.63, 3.8) is 0 Å². The second kappa shape index (κ2) is 11.3. The first-order valence-corrected chi connectivity index (χ1v) is 12.7. The van der Waals surface area contributed by atoms with Gasteiger partial charge in [0.2, 0.25) is 5.91 Å². The van der Waals surface area contributed by atoms with Crippen LogP contribution >= 0.6 is 0 Å². The number of fused-ring (bicyclic) bond motifs is 2. The van der Waals surface area contributed by atoms with E-state index in [4.69, 9.17) is 18.9 Å². The minimum atomic E-state index is 0.205. The molecule has 1 aromatic rings. The summed E-state index contributed by atoms with van der Waals surface area (Å²) >= 11 is 0. The van der Waals surface area contributed by atoms with Crippen LogP contribution in [0.4, 0.5) is 0 Å². The summed E-state index contributed by atoms with van der Waals surface area (Å²) in [4.78, 5) is 17.4. The lowest BCUT2D eigenvalue weighted by Gasteiger charge is -2.52. The number of hydrogen-bond acceptors (Lipinski definition) is 6. The van der Waals surface area contributed by atoms with Gasteiger partial charge >= 0.3 is 0 Å². The second-order valence-electron chi connectivity index (χ2n) is 10.3. The predicted molar refractivity (Wildman–Crippen MR) is 132 cm³/mol. The summed E-state index contributed by atoms with van der Waals surface area (Å²) in [5, 5.41) is 0. The maximum Gasteiger partial charge on any atom is 0.227 e. The zero-order valence-electron chi connectivity index (χ0n) is 21.5. The lowest BCUT2D eigenvalue weighted by molar-refractivity contribution is -0.131. The van der Waals surface area contributed by atoms with E-state index in [1.807, 2.05) is 31.3 Å². The fourth-order valence-electron chi connectivity index (χ4n) is 6.43. The van der Waals surface area contributed by atoms with Crippen molar-refractivity contribution in [1.29, 1.82) is 0 Å². The first-order valence-electron chi connectivity index (χ1n) is 12.7. The van der Waals surface area contributed by atoms with E-state index in [0.29, 0.717) is 12.2 Å². The van der Waals surface area contributed by atoms with Crippen molar-refractivity contribution in [3.05, 3.63) is 23.3 Å². The van der Waals surface area contributed by atoms with Crippen LogP contribution in [0.15, 0.2) is 12.1 Å². The average Bonchev–Trinajstić information content (AvgIpc) is 2.98. The summed E-state index contributed by atoms with van der Waals surface area (Å²) in [6, 6.07) is 3.99. The Labute approximate surface area is 204 Å². The smallest absolute Gasteiger partial charge is 0.227 e. The van der Waals surface area contributed by atoms with E-state index in [9.17, 15) is 4.79 Å². The first kappa shape index (κ1) is 25.3. The molecule has 2 fully saturated rings. The van der Waals surface area contributed by atoms with Gasteiger partial charge in [-0.2, -0.15) is 0 Å². The van der Waals surface area contributed by atoms with E-state index < -0.39 is 0 Å². The Morgan fingerprint density at radius 1 is 0.971 bits per heavy atom. The number of carbonyl (C=O) groups excluding carboxylic acids is 1. The largest absolute Gasteiger partial charge is 0.493 e. The third kappa shape index (κ3) is 5.37. The second-order valence-corrected chi connectivity index (χ2v) is 10.3. The van der Waals surface area contributed by atoms with Crippen LogP contribution in [0.2, 0.25) is 0 Å². The molecule has 7 nitrogen and oxygen atoms in total. The van der Waals surface area contributed by atoms with E-state index >= 15 is 0 Å². The Hall–Kier alpha value is -1.83. The number of ether oxygens (including phenoxy) is 4. The summed E-state index contributed by atoms with van der Waals surface area (Å²) in [5.74, 6) is 3.94. The molecule has 4 rings (SSSR count). The lowest BCUT2D eigenvalue weighted by Crippen LogP contribution is -2.52.